The highest BCUT2D eigenvalue weighted by Crippen LogP contribution is 2.44. The predicted molar refractivity (Wildman–Crippen MR) is 104 cm³/mol. The minimum atomic E-state index is 0.508. The molecule has 3 atom stereocenters. The zero-order chi connectivity index (χ0) is 17.1. The number of hydrogen-bond donors (Lipinski definition) is 1. The molecule has 1 saturated carbocycles. The van der Waals surface area contributed by atoms with E-state index in [2.05, 4.69) is 43.4 Å². The van der Waals surface area contributed by atoms with E-state index in [0.717, 1.165) is 16.5 Å². The number of hydrogen-bond acceptors (Lipinski definition) is 1. The molecule has 2 aromatic rings. The quantitative estimate of drug-likeness (QED) is 0.662. The summed E-state index contributed by atoms with van der Waals surface area (Å²) in [5, 5.41) is 5.33. The second kappa shape index (κ2) is 7.91. The van der Waals surface area contributed by atoms with Crippen LogP contribution in [0.25, 0.3) is 0 Å². The first-order chi connectivity index (χ1) is 11.5. The Bertz CT molecular complexity index is 649. The van der Waals surface area contributed by atoms with Crippen molar-refractivity contribution in [3.63, 3.8) is 0 Å². The van der Waals surface area contributed by atoms with Gasteiger partial charge in [-0.15, -0.1) is 0 Å². The fourth-order valence-corrected chi connectivity index (χ4v) is 4.23. The van der Waals surface area contributed by atoms with Gasteiger partial charge in [0.05, 0.1) is 0 Å². The first-order valence-electron chi connectivity index (χ1n) is 8.80. The maximum absolute atomic E-state index is 6.09. The van der Waals surface area contributed by atoms with E-state index in [1.165, 1.54) is 24.0 Å². The van der Waals surface area contributed by atoms with Gasteiger partial charge in [0.2, 0.25) is 0 Å². The lowest BCUT2D eigenvalue weighted by molar-refractivity contribution is 0.293. The molecule has 1 fully saturated rings. The molecule has 0 saturated heterocycles. The minimum Gasteiger partial charge on any atom is -0.312 e. The van der Waals surface area contributed by atoms with Crippen molar-refractivity contribution >= 4 is 23.2 Å². The third-order valence-corrected chi connectivity index (χ3v) is 5.52. The third-order valence-electron chi connectivity index (χ3n) is 5.02. The molecular formula is C21H25Cl2N. The molecule has 24 heavy (non-hydrogen) atoms. The van der Waals surface area contributed by atoms with Crippen LogP contribution in [0.2, 0.25) is 10.0 Å². The Morgan fingerprint density at radius 3 is 1.79 bits per heavy atom. The number of rotatable bonds is 4. The van der Waals surface area contributed by atoms with Crippen molar-refractivity contribution in [3.05, 3.63) is 69.7 Å². The molecule has 0 radical (unpaired) electrons. The zero-order valence-corrected chi connectivity index (χ0v) is 15.8. The normalized spacial score (nSPS) is 24.3. The van der Waals surface area contributed by atoms with E-state index in [1.54, 1.807) is 0 Å². The Morgan fingerprint density at radius 2 is 1.29 bits per heavy atom. The molecule has 2 aromatic carbocycles. The molecule has 0 heterocycles. The molecule has 0 amide bonds. The summed E-state index contributed by atoms with van der Waals surface area (Å²) in [5.41, 5.74) is 2.77. The fraction of sp³-hybridized carbons (Fsp3) is 0.429. The average Bonchev–Trinajstić information content (AvgIpc) is 2.56. The van der Waals surface area contributed by atoms with E-state index in [4.69, 9.17) is 23.2 Å². The molecule has 1 N–H and O–H groups in total. The topological polar surface area (TPSA) is 12.0 Å². The van der Waals surface area contributed by atoms with Gasteiger partial charge in [0.1, 0.15) is 0 Å². The SMILES string of the molecule is CC(C)N[C@@H]1CC[C@H](c2ccc(Cl)cc2)[C@H](c2ccc(Cl)cc2)C1. The second-order valence-corrected chi connectivity index (χ2v) is 8.02. The standard InChI is InChI=1S/C21H25Cl2N/c1-14(2)24-19-11-12-20(15-3-7-17(22)8-4-15)21(13-19)16-5-9-18(23)10-6-16/h3-10,14,19-21,24H,11-13H2,1-2H3/t19-,20-,21+/m1/s1. The Balaban J connectivity index is 1.88. The molecule has 1 aliphatic carbocycles. The van der Waals surface area contributed by atoms with Crippen LogP contribution < -0.4 is 5.32 Å². The summed E-state index contributed by atoms with van der Waals surface area (Å²) in [7, 11) is 0. The summed E-state index contributed by atoms with van der Waals surface area (Å²) in [5.74, 6) is 1.04. The highest BCUT2D eigenvalue weighted by atomic mass is 35.5. The molecule has 3 rings (SSSR count). The smallest absolute Gasteiger partial charge is 0.0406 e. The van der Waals surface area contributed by atoms with E-state index in [9.17, 15) is 0 Å². The van der Waals surface area contributed by atoms with Gasteiger partial charge in [-0.25, -0.2) is 0 Å². The van der Waals surface area contributed by atoms with Gasteiger partial charge in [0.15, 0.2) is 0 Å². The van der Waals surface area contributed by atoms with Crippen molar-refractivity contribution in [2.75, 3.05) is 0 Å². The van der Waals surface area contributed by atoms with E-state index in [-0.39, 0.29) is 0 Å². The average molecular weight is 362 g/mol. The van der Waals surface area contributed by atoms with Crippen LogP contribution in [0, 0.1) is 0 Å². The van der Waals surface area contributed by atoms with Crippen molar-refractivity contribution in [1.29, 1.82) is 0 Å². The van der Waals surface area contributed by atoms with Crippen LogP contribution in [0.1, 0.15) is 56.1 Å². The minimum absolute atomic E-state index is 0.508. The van der Waals surface area contributed by atoms with Crippen LogP contribution in [-0.2, 0) is 0 Å². The number of benzene rings is 2. The van der Waals surface area contributed by atoms with Crippen molar-refractivity contribution in [2.45, 2.75) is 57.0 Å². The van der Waals surface area contributed by atoms with Gasteiger partial charge in [0.25, 0.3) is 0 Å². The van der Waals surface area contributed by atoms with Crippen LogP contribution in [0.5, 0.6) is 0 Å². The van der Waals surface area contributed by atoms with Gasteiger partial charge >= 0.3 is 0 Å². The van der Waals surface area contributed by atoms with Gasteiger partial charge in [-0.2, -0.15) is 0 Å². The summed E-state index contributed by atoms with van der Waals surface area (Å²) in [6.07, 6.45) is 3.57. The van der Waals surface area contributed by atoms with Gasteiger partial charge in [-0.3, -0.25) is 0 Å². The molecule has 0 unspecified atom stereocenters. The lowest BCUT2D eigenvalue weighted by atomic mass is 9.70. The summed E-state index contributed by atoms with van der Waals surface area (Å²) < 4.78 is 0. The maximum Gasteiger partial charge on any atom is 0.0406 e. The zero-order valence-electron chi connectivity index (χ0n) is 14.3. The highest BCUT2D eigenvalue weighted by Gasteiger charge is 2.32. The van der Waals surface area contributed by atoms with E-state index < -0.39 is 0 Å². The third kappa shape index (κ3) is 4.33. The number of halogens is 2. The largest absolute Gasteiger partial charge is 0.312 e. The first kappa shape index (κ1) is 17.8. The van der Waals surface area contributed by atoms with Crippen molar-refractivity contribution < 1.29 is 0 Å². The van der Waals surface area contributed by atoms with E-state index in [0.29, 0.717) is 23.9 Å². The molecular weight excluding hydrogens is 337 g/mol. The summed E-state index contributed by atoms with van der Waals surface area (Å²) >= 11 is 12.2. The molecule has 128 valence electrons. The van der Waals surface area contributed by atoms with Crippen LogP contribution >= 0.6 is 23.2 Å². The molecule has 0 bridgehead atoms. The Hall–Kier alpha value is -1.02. The van der Waals surface area contributed by atoms with E-state index in [1.807, 2.05) is 24.3 Å². The second-order valence-electron chi connectivity index (χ2n) is 7.15. The fourth-order valence-electron chi connectivity index (χ4n) is 3.98. The van der Waals surface area contributed by atoms with Crippen LogP contribution in [-0.4, -0.2) is 12.1 Å². The maximum atomic E-state index is 6.09. The van der Waals surface area contributed by atoms with Crippen LogP contribution in [0.15, 0.2) is 48.5 Å². The van der Waals surface area contributed by atoms with Crippen molar-refractivity contribution in [2.24, 2.45) is 0 Å². The van der Waals surface area contributed by atoms with Gasteiger partial charge in [-0.05, 0) is 66.5 Å². The lowest BCUT2D eigenvalue weighted by Gasteiger charge is -2.38. The van der Waals surface area contributed by atoms with Crippen molar-refractivity contribution in [3.8, 4) is 0 Å². The summed E-state index contributed by atoms with van der Waals surface area (Å²) in [6.45, 7) is 4.45. The van der Waals surface area contributed by atoms with Crippen LogP contribution in [0.3, 0.4) is 0 Å². The Morgan fingerprint density at radius 1 is 0.792 bits per heavy atom. The van der Waals surface area contributed by atoms with Gasteiger partial charge in [-0.1, -0.05) is 61.3 Å². The number of nitrogens with one attached hydrogen (secondary N) is 1. The van der Waals surface area contributed by atoms with E-state index >= 15 is 0 Å². The van der Waals surface area contributed by atoms with Crippen LogP contribution in [0.4, 0.5) is 0 Å². The molecule has 0 spiro atoms. The van der Waals surface area contributed by atoms with Crippen molar-refractivity contribution in [1.82, 2.24) is 5.32 Å². The Kier molecular flexibility index (Phi) is 5.86. The molecule has 1 nitrogen and oxygen atoms in total. The lowest BCUT2D eigenvalue weighted by Crippen LogP contribution is -2.39. The summed E-state index contributed by atoms with van der Waals surface area (Å²) in [4.78, 5) is 0. The highest BCUT2D eigenvalue weighted by molar-refractivity contribution is 6.30. The predicted octanol–water partition coefficient (Wildman–Crippen LogP) is 6.41. The monoisotopic (exact) mass is 361 g/mol. The summed E-state index contributed by atoms with van der Waals surface area (Å²) in [6, 6.07) is 17.9. The van der Waals surface area contributed by atoms with Gasteiger partial charge < -0.3 is 5.32 Å². The molecule has 1 aliphatic rings. The molecule has 3 heteroatoms. The van der Waals surface area contributed by atoms with Gasteiger partial charge in [0, 0.05) is 22.1 Å². The molecule has 0 aromatic heterocycles. The molecule has 0 aliphatic heterocycles. The Labute approximate surface area is 155 Å². The first-order valence-corrected chi connectivity index (χ1v) is 9.55.